The minimum Gasteiger partial charge on any atom is -0.494 e. The van der Waals surface area contributed by atoms with Crippen LogP contribution in [-0.4, -0.2) is 6.61 Å². The Balaban J connectivity index is -0.000000399. The van der Waals surface area contributed by atoms with Gasteiger partial charge in [0.15, 0.2) is 0 Å². The molecule has 0 aliphatic rings. The summed E-state index contributed by atoms with van der Waals surface area (Å²) in [4.78, 5) is 0. The molecule has 90 valence electrons. The molecule has 1 nitrogen and oxygen atoms in total. The molecule has 0 saturated heterocycles. The first-order chi connectivity index (χ1) is 6.83. The first-order valence-corrected chi connectivity index (χ1v) is 5.52. The first-order valence-electron chi connectivity index (χ1n) is 5.52. The molecule has 1 rings (SSSR count). The van der Waals surface area contributed by atoms with Crippen molar-refractivity contribution >= 4 is 0 Å². The molecule has 0 spiro atoms. The van der Waals surface area contributed by atoms with Crippen LogP contribution in [0.3, 0.4) is 0 Å². The van der Waals surface area contributed by atoms with Gasteiger partial charge in [-0.15, -0.1) is 0 Å². The van der Waals surface area contributed by atoms with E-state index in [1.807, 2.05) is 26.0 Å². The Kier molecular flexibility index (Phi) is 12.2. The van der Waals surface area contributed by atoms with Crippen LogP contribution in [0.25, 0.3) is 0 Å². The third-order valence-corrected chi connectivity index (χ3v) is 1.79. The molecule has 0 bridgehead atoms. The third kappa shape index (κ3) is 8.04. The van der Waals surface area contributed by atoms with Gasteiger partial charge in [-0.2, -0.15) is 0 Å². The topological polar surface area (TPSA) is 9.23 Å². The zero-order valence-corrected chi connectivity index (χ0v) is 9.84. The van der Waals surface area contributed by atoms with Crippen molar-refractivity contribution in [1.82, 2.24) is 0 Å². The lowest BCUT2D eigenvalue weighted by molar-refractivity contribution is 0.309. The summed E-state index contributed by atoms with van der Waals surface area (Å²) in [5, 5.41) is 0. The van der Waals surface area contributed by atoms with Crippen LogP contribution < -0.4 is 4.74 Å². The highest BCUT2D eigenvalue weighted by atomic mass is 16.5. The Morgan fingerprint density at radius 1 is 1.13 bits per heavy atom. The summed E-state index contributed by atoms with van der Waals surface area (Å²) in [6.07, 6.45) is 2.32. The maximum Gasteiger partial charge on any atom is 0.119 e. The Hall–Kier alpha value is -0.980. The van der Waals surface area contributed by atoms with Crippen LogP contribution in [0.1, 0.15) is 48.0 Å². The van der Waals surface area contributed by atoms with Crippen LogP contribution in [0, 0.1) is 6.92 Å². The Morgan fingerprint density at radius 3 is 2.13 bits per heavy atom. The fraction of sp³-hybridized carbons (Fsp3) is 0.571. The van der Waals surface area contributed by atoms with Crippen molar-refractivity contribution in [2.24, 2.45) is 0 Å². The highest BCUT2D eigenvalue weighted by molar-refractivity contribution is 5.26. The molecule has 0 amide bonds. The van der Waals surface area contributed by atoms with Crippen molar-refractivity contribution in [3.63, 3.8) is 0 Å². The van der Waals surface area contributed by atoms with Crippen LogP contribution in [0.5, 0.6) is 5.75 Å². The Morgan fingerprint density at radius 2 is 1.67 bits per heavy atom. The number of rotatable bonds is 4. The molecule has 0 N–H and O–H groups in total. The van der Waals surface area contributed by atoms with Gasteiger partial charge < -0.3 is 4.74 Å². The van der Waals surface area contributed by atoms with E-state index in [9.17, 15) is 0 Å². The van der Waals surface area contributed by atoms with Gasteiger partial charge in [0, 0.05) is 1.43 Å². The first kappa shape index (κ1) is 16.4. The van der Waals surface area contributed by atoms with E-state index in [1.165, 1.54) is 12.0 Å². The van der Waals surface area contributed by atoms with E-state index in [0.717, 1.165) is 18.8 Å². The summed E-state index contributed by atoms with van der Waals surface area (Å²) >= 11 is 0. The second kappa shape index (κ2) is 11.1. The number of benzene rings is 1. The predicted molar refractivity (Wildman–Crippen MR) is 71.8 cm³/mol. The molecule has 0 aliphatic heterocycles. The number of hydrogen-bond donors (Lipinski definition) is 0. The van der Waals surface area contributed by atoms with Crippen molar-refractivity contribution in [2.45, 2.75) is 48.0 Å². The van der Waals surface area contributed by atoms with Crippen LogP contribution in [0.15, 0.2) is 24.3 Å². The van der Waals surface area contributed by atoms with Gasteiger partial charge in [-0.05, 0) is 25.5 Å². The summed E-state index contributed by atoms with van der Waals surface area (Å²) in [5.41, 5.74) is 1.28. The van der Waals surface area contributed by atoms with E-state index in [1.54, 1.807) is 0 Å². The zero-order chi connectivity index (χ0) is 10.8. The molecule has 0 saturated carbocycles. The molecular weight excluding hydrogens is 184 g/mol. The average Bonchev–Trinajstić information content (AvgIpc) is 2.24. The van der Waals surface area contributed by atoms with Crippen LogP contribution in [0.2, 0.25) is 0 Å². The van der Waals surface area contributed by atoms with E-state index >= 15 is 0 Å². The van der Waals surface area contributed by atoms with Gasteiger partial charge in [0.1, 0.15) is 5.75 Å². The minimum atomic E-state index is 0. The van der Waals surface area contributed by atoms with Crippen molar-refractivity contribution in [1.29, 1.82) is 0 Å². The number of aryl methyl sites for hydroxylation is 1. The van der Waals surface area contributed by atoms with E-state index in [2.05, 4.69) is 26.0 Å². The summed E-state index contributed by atoms with van der Waals surface area (Å²) < 4.78 is 5.50. The van der Waals surface area contributed by atoms with Gasteiger partial charge in [-0.3, -0.25) is 0 Å². The minimum absolute atomic E-state index is 0. The molecule has 1 heteroatoms. The molecular formula is C14H28O. The Bertz CT molecular complexity index is 219. The second-order valence-corrected chi connectivity index (χ2v) is 3.02. The van der Waals surface area contributed by atoms with Gasteiger partial charge in [0.2, 0.25) is 0 Å². The standard InChI is InChI=1S/C11H16O.C2H6.CH4.H2/c1-3-4-9-12-11-7-5-10(2)6-8-11;1-2;;/h5-8H,3-4,9H2,1-2H3;1-2H3;1H4;1H. The molecule has 0 atom stereocenters. The molecule has 0 aliphatic carbocycles. The molecule has 0 fully saturated rings. The summed E-state index contributed by atoms with van der Waals surface area (Å²) in [7, 11) is 0. The fourth-order valence-electron chi connectivity index (χ4n) is 0.969. The summed E-state index contributed by atoms with van der Waals surface area (Å²) in [5.74, 6) is 0.981. The molecule has 1 aromatic rings. The average molecular weight is 212 g/mol. The molecule has 0 heterocycles. The lowest BCUT2D eigenvalue weighted by Crippen LogP contribution is -1.95. The second-order valence-electron chi connectivity index (χ2n) is 3.02. The number of ether oxygens (including phenoxy) is 1. The van der Waals surface area contributed by atoms with Crippen LogP contribution in [-0.2, 0) is 0 Å². The van der Waals surface area contributed by atoms with Crippen molar-refractivity contribution < 1.29 is 6.16 Å². The molecule has 0 aromatic heterocycles. The lowest BCUT2D eigenvalue weighted by Gasteiger charge is -2.04. The van der Waals surface area contributed by atoms with Crippen LogP contribution >= 0.6 is 0 Å². The lowest BCUT2D eigenvalue weighted by atomic mass is 10.2. The van der Waals surface area contributed by atoms with Crippen molar-refractivity contribution in [3.05, 3.63) is 29.8 Å². The van der Waals surface area contributed by atoms with Crippen LogP contribution in [0.4, 0.5) is 0 Å². The normalized spacial score (nSPS) is 8.27. The SMILES string of the molecule is C.CC.CCCCOc1ccc(C)cc1.[HH]. The van der Waals surface area contributed by atoms with E-state index in [-0.39, 0.29) is 8.85 Å². The number of unbranched alkanes of at least 4 members (excludes halogenated alkanes) is 1. The molecule has 0 unspecified atom stereocenters. The maximum atomic E-state index is 5.50. The smallest absolute Gasteiger partial charge is 0.119 e. The summed E-state index contributed by atoms with van der Waals surface area (Å²) in [6, 6.07) is 8.18. The Labute approximate surface area is 97.0 Å². The molecule has 15 heavy (non-hydrogen) atoms. The highest BCUT2D eigenvalue weighted by Gasteiger charge is 1.90. The fourth-order valence-corrected chi connectivity index (χ4v) is 0.969. The van der Waals surface area contributed by atoms with Crippen molar-refractivity contribution in [2.75, 3.05) is 6.61 Å². The van der Waals surface area contributed by atoms with Gasteiger partial charge in [-0.1, -0.05) is 52.3 Å². The molecule has 0 radical (unpaired) electrons. The van der Waals surface area contributed by atoms with E-state index in [4.69, 9.17) is 4.74 Å². The van der Waals surface area contributed by atoms with Gasteiger partial charge in [-0.25, -0.2) is 0 Å². The predicted octanol–water partition coefficient (Wildman–Crippen LogP) is 5.08. The van der Waals surface area contributed by atoms with Gasteiger partial charge in [0.05, 0.1) is 6.61 Å². The monoisotopic (exact) mass is 212 g/mol. The third-order valence-electron chi connectivity index (χ3n) is 1.79. The summed E-state index contributed by atoms with van der Waals surface area (Å²) in [6.45, 7) is 9.08. The zero-order valence-electron chi connectivity index (χ0n) is 9.84. The maximum absolute atomic E-state index is 5.50. The van der Waals surface area contributed by atoms with E-state index in [0.29, 0.717) is 0 Å². The van der Waals surface area contributed by atoms with E-state index < -0.39 is 0 Å². The quantitative estimate of drug-likeness (QED) is 0.632. The number of hydrogen-bond acceptors (Lipinski definition) is 1. The largest absolute Gasteiger partial charge is 0.494 e. The van der Waals surface area contributed by atoms with Gasteiger partial charge >= 0.3 is 0 Å². The van der Waals surface area contributed by atoms with Crippen molar-refractivity contribution in [3.8, 4) is 5.75 Å². The highest BCUT2D eigenvalue weighted by Crippen LogP contribution is 2.11. The molecule has 1 aromatic carbocycles. The van der Waals surface area contributed by atoms with Gasteiger partial charge in [0.25, 0.3) is 0 Å².